The van der Waals surface area contributed by atoms with Gasteiger partial charge in [0, 0.05) is 6.54 Å². The summed E-state index contributed by atoms with van der Waals surface area (Å²) in [5, 5.41) is 3.47. The fraction of sp³-hybridized carbons (Fsp3) is 0.714. The molecule has 1 saturated carbocycles. The Hall–Kier alpha value is -0.640. The lowest BCUT2D eigenvalue weighted by molar-refractivity contribution is 0.252. The fourth-order valence-corrected chi connectivity index (χ4v) is 3.33. The van der Waals surface area contributed by atoms with Crippen LogP contribution in [0.1, 0.15) is 46.0 Å². The smallest absolute Gasteiger partial charge is 0.144 e. The number of hydrogen-bond acceptors (Lipinski definition) is 3. The normalized spacial score (nSPS) is 18.2. The molecule has 1 heterocycles. The van der Waals surface area contributed by atoms with Crippen LogP contribution < -0.4 is 5.32 Å². The molecule has 1 aromatic heterocycles. The van der Waals surface area contributed by atoms with Gasteiger partial charge in [0.1, 0.15) is 10.4 Å². The Labute approximate surface area is 118 Å². The second-order valence-corrected chi connectivity index (χ2v) is 6.70. The van der Waals surface area contributed by atoms with Crippen molar-refractivity contribution in [2.24, 2.45) is 11.3 Å². The molecule has 3 nitrogen and oxygen atoms in total. The van der Waals surface area contributed by atoms with E-state index in [1.807, 2.05) is 0 Å². The lowest BCUT2D eigenvalue weighted by Gasteiger charge is -2.31. The SMILES string of the molecule is CC(C)CC1(CNc2cnc(Br)cn2)CCCC1. The fourth-order valence-electron chi connectivity index (χ4n) is 3.13. The summed E-state index contributed by atoms with van der Waals surface area (Å²) in [6.07, 6.45) is 10.3. The molecule has 0 amide bonds. The van der Waals surface area contributed by atoms with Crippen molar-refractivity contribution in [3.8, 4) is 0 Å². The van der Waals surface area contributed by atoms with Crippen molar-refractivity contribution in [3.05, 3.63) is 17.0 Å². The molecule has 18 heavy (non-hydrogen) atoms. The summed E-state index contributed by atoms with van der Waals surface area (Å²) in [6.45, 7) is 5.67. The van der Waals surface area contributed by atoms with Gasteiger partial charge in [0.15, 0.2) is 0 Å². The lowest BCUT2D eigenvalue weighted by atomic mass is 9.78. The number of nitrogens with zero attached hydrogens (tertiary/aromatic N) is 2. The number of nitrogens with one attached hydrogen (secondary N) is 1. The summed E-state index contributed by atoms with van der Waals surface area (Å²) >= 11 is 3.30. The Kier molecular flexibility index (Phi) is 4.60. The molecule has 1 aromatic rings. The zero-order chi connectivity index (χ0) is 13.0. The van der Waals surface area contributed by atoms with Crippen LogP contribution in [0, 0.1) is 11.3 Å². The van der Waals surface area contributed by atoms with Crippen LogP contribution in [0.4, 0.5) is 5.82 Å². The van der Waals surface area contributed by atoms with Crippen molar-refractivity contribution in [1.29, 1.82) is 0 Å². The minimum atomic E-state index is 0.475. The highest BCUT2D eigenvalue weighted by Crippen LogP contribution is 2.43. The summed E-state index contributed by atoms with van der Waals surface area (Å²) in [5.41, 5.74) is 0.475. The molecule has 0 atom stereocenters. The predicted molar refractivity (Wildman–Crippen MR) is 78.6 cm³/mol. The minimum Gasteiger partial charge on any atom is -0.368 e. The van der Waals surface area contributed by atoms with E-state index in [0.717, 1.165) is 22.9 Å². The maximum Gasteiger partial charge on any atom is 0.144 e. The van der Waals surface area contributed by atoms with Crippen molar-refractivity contribution in [3.63, 3.8) is 0 Å². The Bertz CT molecular complexity index is 369. The number of rotatable bonds is 5. The molecule has 4 heteroatoms. The van der Waals surface area contributed by atoms with Gasteiger partial charge >= 0.3 is 0 Å². The average Bonchev–Trinajstić information content (AvgIpc) is 2.76. The monoisotopic (exact) mass is 311 g/mol. The maximum atomic E-state index is 4.33. The van der Waals surface area contributed by atoms with Crippen LogP contribution in [0.25, 0.3) is 0 Å². The minimum absolute atomic E-state index is 0.475. The van der Waals surface area contributed by atoms with E-state index in [9.17, 15) is 0 Å². The Morgan fingerprint density at radius 2 is 2.00 bits per heavy atom. The molecule has 1 fully saturated rings. The van der Waals surface area contributed by atoms with Crippen LogP contribution in [0.5, 0.6) is 0 Å². The van der Waals surface area contributed by atoms with Crippen LogP contribution in [-0.2, 0) is 0 Å². The number of anilines is 1. The van der Waals surface area contributed by atoms with E-state index in [1.54, 1.807) is 12.4 Å². The predicted octanol–water partition coefficient (Wildman–Crippen LogP) is 4.26. The molecule has 0 radical (unpaired) electrons. The summed E-state index contributed by atoms with van der Waals surface area (Å²) < 4.78 is 0.783. The van der Waals surface area contributed by atoms with Gasteiger partial charge in [-0.1, -0.05) is 26.7 Å². The molecule has 0 aromatic carbocycles. The molecular formula is C14H22BrN3. The molecule has 0 saturated heterocycles. The summed E-state index contributed by atoms with van der Waals surface area (Å²) in [6, 6.07) is 0. The van der Waals surface area contributed by atoms with E-state index in [1.165, 1.54) is 32.1 Å². The van der Waals surface area contributed by atoms with Crippen molar-refractivity contribution < 1.29 is 0 Å². The highest BCUT2D eigenvalue weighted by atomic mass is 79.9. The van der Waals surface area contributed by atoms with Gasteiger partial charge in [0.05, 0.1) is 12.4 Å². The summed E-state index contributed by atoms with van der Waals surface area (Å²) in [4.78, 5) is 8.53. The molecule has 0 spiro atoms. The zero-order valence-corrected chi connectivity index (χ0v) is 12.8. The molecular weight excluding hydrogens is 290 g/mol. The van der Waals surface area contributed by atoms with Crippen LogP contribution in [0.3, 0.4) is 0 Å². The van der Waals surface area contributed by atoms with E-state index in [2.05, 4.69) is 45.1 Å². The van der Waals surface area contributed by atoms with Crippen molar-refractivity contribution in [1.82, 2.24) is 9.97 Å². The van der Waals surface area contributed by atoms with Gasteiger partial charge < -0.3 is 5.32 Å². The van der Waals surface area contributed by atoms with Crippen molar-refractivity contribution in [2.45, 2.75) is 46.0 Å². The Morgan fingerprint density at radius 3 is 2.56 bits per heavy atom. The average molecular weight is 312 g/mol. The quantitative estimate of drug-likeness (QED) is 0.883. The molecule has 0 unspecified atom stereocenters. The molecule has 100 valence electrons. The van der Waals surface area contributed by atoms with Gasteiger partial charge in [0.25, 0.3) is 0 Å². The first-order chi connectivity index (χ1) is 8.60. The van der Waals surface area contributed by atoms with Gasteiger partial charge in [-0.3, -0.25) is 0 Å². The van der Waals surface area contributed by atoms with Crippen LogP contribution in [0.2, 0.25) is 0 Å². The molecule has 0 bridgehead atoms. The maximum absolute atomic E-state index is 4.33. The molecule has 1 aliphatic rings. The lowest BCUT2D eigenvalue weighted by Crippen LogP contribution is -2.28. The van der Waals surface area contributed by atoms with E-state index in [-0.39, 0.29) is 0 Å². The first kappa shape index (κ1) is 13.8. The summed E-state index contributed by atoms with van der Waals surface area (Å²) in [5.74, 6) is 1.65. The van der Waals surface area contributed by atoms with Crippen molar-refractivity contribution in [2.75, 3.05) is 11.9 Å². The van der Waals surface area contributed by atoms with E-state index >= 15 is 0 Å². The zero-order valence-electron chi connectivity index (χ0n) is 11.2. The van der Waals surface area contributed by atoms with E-state index in [4.69, 9.17) is 0 Å². The van der Waals surface area contributed by atoms with E-state index in [0.29, 0.717) is 5.41 Å². The van der Waals surface area contributed by atoms with Crippen LogP contribution in [0.15, 0.2) is 17.0 Å². The van der Waals surface area contributed by atoms with Crippen molar-refractivity contribution >= 4 is 21.7 Å². The second-order valence-electron chi connectivity index (χ2n) is 5.88. The molecule has 0 aliphatic heterocycles. The van der Waals surface area contributed by atoms with Crippen LogP contribution in [-0.4, -0.2) is 16.5 Å². The van der Waals surface area contributed by atoms with Gasteiger partial charge in [-0.25, -0.2) is 9.97 Å². The number of aromatic nitrogens is 2. The summed E-state index contributed by atoms with van der Waals surface area (Å²) in [7, 11) is 0. The number of hydrogen-bond donors (Lipinski definition) is 1. The standard InChI is InChI=1S/C14H22BrN3/c1-11(2)7-14(5-3-4-6-14)10-18-13-9-16-12(15)8-17-13/h8-9,11H,3-7,10H2,1-2H3,(H,17,18). The highest BCUT2D eigenvalue weighted by Gasteiger charge is 2.34. The van der Waals surface area contributed by atoms with E-state index < -0.39 is 0 Å². The third-order valence-electron chi connectivity index (χ3n) is 3.77. The largest absolute Gasteiger partial charge is 0.368 e. The topological polar surface area (TPSA) is 37.8 Å². The molecule has 2 rings (SSSR count). The first-order valence-electron chi connectivity index (χ1n) is 6.81. The molecule has 1 aliphatic carbocycles. The highest BCUT2D eigenvalue weighted by molar-refractivity contribution is 9.10. The van der Waals surface area contributed by atoms with Gasteiger partial charge in [0.2, 0.25) is 0 Å². The van der Waals surface area contributed by atoms with Gasteiger partial charge in [-0.2, -0.15) is 0 Å². The number of halogens is 1. The Morgan fingerprint density at radius 1 is 1.28 bits per heavy atom. The molecule has 1 N–H and O–H groups in total. The van der Waals surface area contributed by atoms with Gasteiger partial charge in [-0.15, -0.1) is 0 Å². The first-order valence-corrected chi connectivity index (χ1v) is 7.60. The van der Waals surface area contributed by atoms with Crippen LogP contribution >= 0.6 is 15.9 Å². The second kappa shape index (κ2) is 6.00. The van der Waals surface area contributed by atoms with Gasteiger partial charge in [-0.05, 0) is 46.5 Å². The third-order valence-corrected chi connectivity index (χ3v) is 4.18. The third kappa shape index (κ3) is 3.67. The Balaban J connectivity index is 1.95.